The second-order valence-electron chi connectivity index (χ2n) is 6.62. The predicted molar refractivity (Wildman–Crippen MR) is 108 cm³/mol. The maximum absolute atomic E-state index is 14.5. The van der Waals surface area contributed by atoms with Crippen LogP contribution in [0.1, 0.15) is 21.5 Å². The zero-order chi connectivity index (χ0) is 21.0. The second kappa shape index (κ2) is 8.63. The molecule has 0 aromatic heterocycles. The largest absolute Gasteiger partial charge is 0.293 e. The molecule has 3 aromatic rings. The van der Waals surface area contributed by atoms with Crippen molar-refractivity contribution in [1.82, 2.24) is 4.72 Å². The van der Waals surface area contributed by atoms with Crippen LogP contribution in [-0.4, -0.2) is 20.7 Å². The molecule has 150 valence electrons. The SMILES string of the molecule is Cc1cc(-c2ccccc2)cc(C(=O)CNS(=O)(=O)Cc2ccccc2F)c1F. The molecule has 0 fully saturated rings. The van der Waals surface area contributed by atoms with Gasteiger partial charge in [-0.2, -0.15) is 0 Å². The minimum atomic E-state index is -3.98. The number of ketones is 1. The Hall–Kier alpha value is -2.90. The fraction of sp³-hybridized carbons (Fsp3) is 0.136. The van der Waals surface area contributed by atoms with Crippen LogP contribution in [0.4, 0.5) is 8.78 Å². The summed E-state index contributed by atoms with van der Waals surface area (Å²) in [7, 11) is -3.98. The summed E-state index contributed by atoms with van der Waals surface area (Å²) in [5, 5.41) is 0. The first-order valence-electron chi connectivity index (χ1n) is 8.86. The van der Waals surface area contributed by atoms with E-state index in [-0.39, 0.29) is 16.7 Å². The van der Waals surface area contributed by atoms with Crippen LogP contribution in [-0.2, 0) is 15.8 Å². The Kier molecular flexibility index (Phi) is 6.20. The van der Waals surface area contributed by atoms with Gasteiger partial charge in [-0.3, -0.25) is 4.79 Å². The molecular weight excluding hydrogens is 396 g/mol. The Morgan fingerprint density at radius 1 is 0.931 bits per heavy atom. The highest BCUT2D eigenvalue weighted by molar-refractivity contribution is 7.88. The third-order valence-electron chi connectivity index (χ3n) is 4.42. The molecule has 0 aliphatic rings. The Balaban J connectivity index is 1.78. The van der Waals surface area contributed by atoms with Crippen molar-refractivity contribution in [3.63, 3.8) is 0 Å². The molecule has 0 saturated carbocycles. The van der Waals surface area contributed by atoms with Gasteiger partial charge in [0.25, 0.3) is 0 Å². The number of hydrogen-bond acceptors (Lipinski definition) is 3. The van der Waals surface area contributed by atoms with Crippen LogP contribution in [0.3, 0.4) is 0 Å². The van der Waals surface area contributed by atoms with E-state index in [9.17, 15) is 22.0 Å². The lowest BCUT2D eigenvalue weighted by molar-refractivity contribution is 0.0993. The predicted octanol–water partition coefficient (Wildman–Crippen LogP) is 4.24. The third-order valence-corrected chi connectivity index (χ3v) is 5.69. The van der Waals surface area contributed by atoms with Gasteiger partial charge in [-0.15, -0.1) is 0 Å². The molecule has 0 bridgehead atoms. The molecule has 0 radical (unpaired) electrons. The monoisotopic (exact) mass is 415 g/mol. The highest BCUT2D eigenvalue weighted by Crippen LogP contribution is 2.25. The van der Waals surface area contributed by atoms with Crippen LogP contribution >= 0.6 is 0 Å². The third kappa shape index (κ3) is 5.13. The van der Waals surface area contributed by atoms with E-state index in [4.69, 9.17) is 0 Å². The molecule has 4 nitrogen and oxygen atoms in total. The van der Waals surface area contributed by atoms with Crippen LogP contribution < -0.4 is 4.72 Å². The Morgan fingerprint density at radius 3 is 2.28 bits per heavy atom. The van der Waals surface area contributed by atoms with Crippen molar-refractivity contribution >= 4 is 15.8 Å². The van der Waals surface area contributed by atoms with Gasteiger partial charge < -0.3 is 0 Å². The van der Waals surface area contributed by atoms with E-state index < -0.39 is 39.7 Å². The lowest BCUT2D eigenvalue weighted by Gasteiger charge is -2.11. The molecule has 0 heterocycles. The fourth-order valence-electron chi connectivity index (χ4n) is 2.91. The zero-order valence-electron chi connectivity index (χ0n) is 15.7. The van der Waals surface area contributed by atoms with Gasteiger partial charge in [-0.1, -0.05) is 48.5 Å². The molecule has 0 unspecified atom stereocenters. The molecule has 3 rings (SSSR count). The maximum atomic E-state index is 14.5. The number of carbonyl (C=O) groups excluding carboxylic acids is 1. The van der Waals surface area contributed by atoms with Gasteiger partial charge in [0, 0.05) is 5.56 Å². The highest BCUT2D eigenvalue weighted by Gasteiger charge is 2.20. The Morgan fingerprint density at radius 2 is 1.59 bits per heavy atom. The van der Waals surface area contributed by atoms with Crippen LogP contribution in [0.2, 0.25) is 0 Å². The smallest absolute Gasteiger partial charge is 0.216 e. The minimum Gasteiger partial charge on any atom is -0.293 e. The standard InChI is InChI=1S/C22H19F2NO3S/c1-15-11-18(16-7-3-2-4-8-16)12-19(22(15)24)21(26)13-25-29(27,28)14-17-9-5-6-10-20(17)23/h2-12,25H,13-14H2,1H3. The summed E-state index contributed by atoms with van der Waals surface area (Å²) in [5.74, 6) is -2.66. The summed E-state index contributed by atoms with van der Waals surface area (Å²) < 4.78 is 54.7. The lowest BCUT2D eigenvalue weighted by atomic mass is 9.98. The molecular formula is C22H19F2NO3S. The first-order chi connectivity index (χ1) is 13.8. The summed E-state index contributed by atoms with van der Waals surface area (Å²) in [6.45, 7) is 0.923. The van der Waals surface area contributed by atoms with E-state index in [0.29, 0.717) is 5.56 Å². The minimum absolute atomic E-state index is 0.0134. The van der Waals surface area contributed by atoms with E-state index in [1.54, 1.807) is 13.0 Å². The van der Waals surface area contributed by atoms with Crippen LogP contribution in [0, 0.1) is 18.6 Å². The van der Waals surface area contributed by atoms with Gasteiger partial charge in [-0.25, -0.2) is 21.9 Å². The van der Waals surface area contributed by atoms with Crippen LogP contribution in [0.15, 0.2) is 66.7 Å². The van der Waals surface area contributed by atoms with Gasteiger partial charge in [0.2, 0.25) is 10.0 Å². The van der Waals surface area contributed by atoms with Gasteiger partial charge in [-0.05, 0) is 41.8 Å². The van der Waals surface area contributed by atoms with Crippen molar-refractivity contribution in [1.29, 1.82) is 0 Å². The number of halogens is 2. The van der Waals surface area contributed by atoms with Crippen LogP contribution in [0.25, 0.3) is 11.1 Å². The molecule has 0 amide bonds. The molecule has 7 heteroatoms. The summed E-state index contributed by atoms with van der Waals surface area (Å²) in [4.78, 5) is 12.5. The molecule has 0 aliphatic carbocycles. The highest BCUT2D eigenvalue weighted by atomic mass is 32.2. The van der Waals surface area contributed by atoms with Gasteiger partial charge >= 0.3 is 0 Å². The summed E-state index contributed by atoms with van der Waals surface area (Å²) >= 11 is 0. The Bertz CT molecular complexity index is 1150. The average molecular weight is 415 g/mol. The Labute approximate surface area is 168 Å². The van der Waals surface area contributed by atoms with Gasteiger partial charge in [0.1, 0.15) is 11.6 Å². The number of sulfonamides is 1. The van der Waals surface area contributed by atoms with Gasteiger partial charge in [0.15, 0.2) is 5.78 Å². The number of benzene rings is 3. The fourth-order valence-corrected chi connectivity index (χ4v) is 4.01. The maximum Gasteiger partial charge on any atom is 0.216 e. The van der Waals surface area contributed by atoms with E-state index >= 15 is 0 Å². The number of rotatable bonds is 7. The number of aryl methyl sites for hydroxylation is 1. The van der Waals surface area contributed by atoms with Crippen molar-refractivity contribution in [3.8, 4) is 11.1 Å². The topological polar surface area (TPSA) is 63.2 Å². The van der Waals surface area contributed by atoms with Crippen molar-refractivity contribution in [2.24, 2.45) is 0 Å². The van der Waals surface area contributed by atoms with Crippen molar-refractivity contribution < 1.29 is 22.0 Å². The number of nitrogens with one attached hydrogen (secondary N) is 1. The molecule has 0 aliphatic heterocycles. The summed E-state index contributed by atoms with van der Waals surface area (Å²) in [6.07, 6.45) is 0. The molecule has 3 aromatic carbocycles. The van der Waals surface area contributed by atoms with E-state index in [0.717, 1.165) is 11.6 Å². The summed E-state index contributed by atoms with van der Waals surface area (Å²) in [5.41, 5.74) is 1.54. The molecule has 29 heavy (non-hydrogen) atoms. The van der Waals surface area contributed by atoms with E-state index in [1.807, 2.05) is 30.3 Å². The zero-order valence-corrected chi connectivity index (χ0v) is 16.5. The quantitative estimate of drug-likeness (QED) is 0.587. The lowest BCUT2D eigenvalue weighted by Crippen LogP contribution is -2.31. The molecule has 0 atom stereocenters. The number of carbonyl (C=O) groups is 1. The molecule has 0 saturated heterocycles. The van der Waals surface area contributed by atoms with Crippen molar-refractivity contribution in [2.75, 3.05) is 6.54 Å². The van der Waals surface area contributed by atoms with E-state index in [2.05, 4.69) is 4.72 Å². The first kappa shape index (κ1) is 20.8. The van der Waals surface area contributed by atoms with Gasteiger partial charge in [0.05, 0.1) is 17.9 Å². The van der Waals surface area contributed by atoms with Crippen LogP contribution in [0.5, 0.6) is 0 Å². The number of hydrogen-bond donors (Lipinski definition) is 1. The van der Waals surface area contributed by atoms with E-state index in [1.165, 1.54) is 24.3 Å². The molecule has 1 N–H and O–H groups in total. The number of Topliss-reactive ketones (excluding diaryl/α,β-unsaturated/α-hetero) is 1. The first-order valence-corrected chi connectivity index (χ1v) is 10.5. The van der Waals surface area contributed by atoms with Crippen molar-refractivity contribution in [3.05, 3.63) is 95.1 Å². The molecule has 0 spiro atoms. The summed E-state index contributed by atoms with van der Waals surface area (Å²) in [6, 6.07) is 17.7. The second-order valence-corrected chi connectivity index (χ2v) is 8.42. The van der Waals surface area contributed by atoms with Crippen molar-refractivity contribution in [2.45, 2.75) is 12.7 Å². The average Bonchev–Trinajstić information content (AvgIpc) is 2.70. The normalized spacial score (nSPS) is 11.4.